The van der Waals surface area contributed by atoms with E-state index in [1.165, 1.54) is 79.4 Å². The summed E-state index contributed by atoms with van der Waals surface area (Å²) < 4.78 is 5.23. The molecule has 0 N–H and O–H groups in total. The van der Waals surface area contributed by atoms with Gasteiger partial charge < -0.3 is 4.90 Å². The lowest BCUT2D eigenvalue weighted by Crippen LogP contribution is -2.10. The van der Waals surface area contributed by atoms with Crippen molar-refractivity contribution >= 4 is 80.1 Å². The van der Waals surface area contributed by atoms with Crippen molar-refractivity contribution in [2.45, 2.75) is 0 Å². The third kappa shape index (κ3) is 5.13. The summed E-state index contributed by atoms with van der Waals surface area (Å²) in [5.41, 5.74) is 10.8. The first kappa shape index (κ1) is 29.9. The number of nitrogens with zero attached hydrogens (tertiary/aromatic N) is 1. The van der Waals surface area contributed by atoms with Crippen LogP contribution in [0.1, 0.15) is 0 Å². The Bertz CT molecular complexity index is 2850. The largest absolute Gasteiger partial charge is 0.309 e. The molecule has 8 aromatic carbocycles. The molecule has 0 radical (unpaired) electrons. The molecule has 0 aliphatic carbocycles. The van der Waals surface area contributed by atoms with E-state index in [-0.39, 0.29) is 0 Å². The lowest BCUT2D eigenvalue weighted by atomic mass is 9.92. The molecule has 0 aliphatic rings. The number of fused-ring (bicyclic) bond motifs is 6. The maximum absolute atomic E-state index is 2.45. The maximum atomic E-state index is 2.45. The molecule has 1 nitrogen and oxygen atoms in total. The Hall–Kier alpha value is -6.00. The van der Waals surface area contributed by atoms with E-state index in [4.69, 9.17) is 0 Å². The smallest absolute Gasteiger partial charge is 0.0640 e. The number of hydrogen-bond donors (Lipinski definition) is 0. The molecule has 10 rings (SSSR count). The van der Waals surface area contributed by atoms with Crippen LogP contribution in [0.4, 0.5) is 17.1 Å². The molecule has 0 amide bonds. The molecule has 2 heterocycles. The molecular weight excluding hydrogens is 655 g/mol. The van der Waals surface area contributed by atoms with Crippen molar-refractivity contribution in [1.82, 2.24) is 0 Å². The summed E-state index contributed by atoms with van der Waals surface area (Å²) in [4.78, 5) is 2.45. The van der Waals surface area contributed by atoms with E-state index in [0.717, 1.165) is 11.4 Å². The van der Waals surface area contributed by atoms with Gasteiger partial charge in [0.05, 0.1) is 10.4 Å². The first-order valence-electron chi connectivity index (χ1n) is 17.3. The summed E-state index contributed by atoms with van der Waals surface area (Å²) in [5.74, 6) is 0. The van der Waals surface area contributed by atoms with Crippen LogP contribution in [0.15, 0.2) is 188 Å². The van der Waals surface area contributed by atoms with E-state index in [1.54, 1.807) is 0 Å². The Balaban J connectivity index is 1.21. The average Bonchev–Trinajstić information content (AvgIpc) is 3.78. The molecule has 0 saturated carbocycles. The van der Waals surface area contributed by atoms with Gasteiger partial charge in [-0.2, -0.15) is 0 Å². The second-order valence-electron chi connectivity index (χ2n) is 12.9. The highest BCUT2D eigenvalue weighted by Crippen LogP contribution is 2.48. The molecule has 0 fully saturated rings. The van der Waals surface area contributed by atoms with Crippen LogP contribution in [0.3, 0.4) is 0 Å². The van der Waals surface area contributed by atoms with Crippen LogP contribution in [0.5, 0.6) is 0 Å². The molecule has 0 saturated heterocycles. The molecule has 3 heteroatoms. The zero-order valence-corrected chi connectivity index (χ0v) is 29.3. The number of thiophene rings is 2. The monoisotopic (exact) mass is 685 g/mol. The summed E-state index contributed by atoms with van der Waals surface area (Å²) in [6, 6.07) is 68.6. The first-order valence-corrected chi connectivity index (χ1v) is 18.9. The molecule has 0 spiro atoms. The molecule has 240 valence electrons. The Morgan fingerprint density at radius 3 is 1.55 bits per heavy atom. The minimum absolute atomic E-state index is 1.12. The van der Waals surface area contributed by atoms with Crippen molar-refractivity contribution in [1.29, 1.82) is 0 Å². The molecule has 2 aromatic heterocycles. The lowest BCUT2D eigenvalue weighted by molar-refractivity contribution is 1.30. The van der Waals surface area contributed by atoms with Gasteiger partial charge in [-0.25, -0.2) is 0 Å². The van der Waals surface area contributed by atoms with E-state index in [2.05, 4.69) is 193 Å². The minimum atomic E-state index is 1.12. The molecular formula is C48H31NS2. The van der Waals surface area contributed by atoms with Crippen molar-refractivity contribution < 1.29 is 0 Å². The van der Waals surface area contributed by atoms with Crippen LogP contribution >= 0.6 is 22.7 Å². The second-order valence-corrected chi connectivity index (χ2v) is 15.0. The van der Waals surface area contributed by atoms with E-state index >= 15 is 0 Å². The van der Waals surface area contributed by atoms with Crippen molar-refractivity contribution in [3.05, 3.63) is 188 Å². The van der Waals surface area contributed by atoms with Gasteiger partial charge in [0.15, 0.2) is 0 Å². The highest BCUT2D eigenvalue weighted by Gasteiger charge is 2.21. The molecule has 0 bridgehead atoms. The summed E-state index contributed by atoms with van der Waals surface area (Å²) in [7, 11) is 0. The third-order valence-corrected chi connectivity index (χ3v) is 12.3. The van der Waals surface area contributed by atoms with Gasteiger partial charge in [0.25, 0.3) is 0 Å². The molecule has 0 unspecified atom stereocenters. The molecule has 51 heavy (non-hydrogen) atoms. The predicted molar refractivity (Wildman–Crippen MR) is 223 cm³/mol. The summed E-state index contributed by atoms with van der Waals surface area (Å²) in [6.45, 7) is 0. The Labute approximate surface area is 304 Å². The average molecular weight is 686 g/mol. The van der Waals surface area contributed by atoms with Gasteiger partial charge >= 0.3 is 0 Å². The normalized spacial score (nSPS) is 11.5. The van der Waals surface area contributed by atoms with Gasteiger partial charge in [0.2, 0.25) is 0 Å². The number of anilines is 3. The maximum Gasteiger partial charge on any atom is 0.0640 e. The van der Waals surface area contributed by atoms with Crippen LogP contribution in [0.25, 0.3) is 73.7 Å². The number of rotatable bonds is 6. The van der Waals surface area contributed by atoms with Gasteiger partial charge in [-0.05, 0) is 70.3 Å². The van der Waals surface area contributed by atoms with Crippen molar-refractivity contribution in [3.63, 3.8) is 0 Å². The second kappa shape index (κ2) is 12.4. The van der Waals surface area contributed by atoms with E-state index in [0.29, 0.717) is 0 Å². The summed E-state index contributed by atoms with van der Waals surface area (Å²) >= 11 is 3.75. The molecule has 0 atom stereocenters. The Kier molecular flexibility index (Phi) is 7.26. The quantitative estimate of drug-likeness (QED) is 0.168. The SMILES string of the molecule is c1ccc(-c2ccc(N(c3ccc(-c4cccc5c4sc4ccccc45)c(-c4ccccc4)c3)c3cccc4c3sc3ccccc34)cc2)cc1. The lowest BCUT2D eigenvalue weighted by Gasteiger charge is -2.27. The van der Waals surface area contributed by atoms with Crippen LogP contribution in [0.2, 0.25) is 0 Å². The fourth-order valence-corrected chi connectivity index (χ4v) is 9.93. The highest BCUT2D eigenvalue weighted by atomic mass is 32.1. The Morgan fingerprint density at radius 2 is 0.843 bits per heavy atom. The van der Waals surface area contributed by atoms with Crippen LogP contribution < -0.4 is 4.90 Å². The van der Waals surface area contributed by atoms with E-state index in [1.807, 2.05) is 22.7 Å². The zero-order valence-electron chi connectivity index (χ0n) is 27.7. The van der Waals surface area contributed by atoms with Gasteiger partial charge in [-0.3, -0.25) is 0 Å². The summed E-state index contributed by atoms with van der Waals surface area (Å²) in [5, 5.41) is 5.22. The zero-order chi connectivity index (χ0) is 33.7. The molecule has 10 aromatic rings. The van der Waals surface area contributed by atoms with Crippen molar-refractivity contribution in [2.75, 3.05) is 4.90 Å². The third-order valence-electron chi connectivity index (χ3n) is 9.90. The van der Waals surface area contributed by atoms with Gasteiger partial charge in [-0.15, -0.1) is 22.7 Å². The van der Waals surface area contributed by atoms with E-state index in [9.17, 15) is 0 Å². The fourth-order valence-electron chi connectivity index (χ4n) is 7.49. The topological polar surface area (TPSA) is 3.24 Å². The van der Waals surface area contributed by atoms with Crippen molar-refractivity contribution in [3.8, 4) is 33.4 Å². The standard InChI is InChI=1S/C48H31NS2/c1-3-13-32(14-4-1)33-25-27-35(28-26-33)49(44-22-12-21-42-39-18-8-10-24-46(39)51-48(42)44)36-29-30-37(43(31-36)34-15-5-2-6-16-34)40-19-11-20-41-38-17-7-9-23-45(38)50-47(40)41/h1-31H. The molecule has 0 aliphatic heterocycles. The van der Waals surface area contributed by atoms with Gasteiger partial charge in [0, 0.05) is 52.6 Å². The first-order chi connectivity index (χ1) is 25.3. The van der Waals surface area contributed by atoms with Crippen LogP contribution in [-0.2, 0) is 0 Å². The fraction of sp³-hybridized carbons (Fsp3) is 0. The van der Waals surface area contributed by atoms with Crippen LogP contribution in [-0.4, -0.2) is 0 Å². The number of benzene rings is 8. The van der Waals surface area contributed by atoms with Gasteiger partial charge in [0.1, 0.15) is 0 Å². The van der Waals surface area contributed by atoms with Crippen molar-refractivity contribution in [2.24, 2.45) is 0 Å². The minimum Gasteiger partial charge on any atom is -0.309 e. The van der Waals surface area contributed by atoms with Gasteiger partial charge in [-0.1, -0.05) is 146 Å². The van der Waals surface area contributed by atoms with Crippen LogP contribution in [0, 0.1) is 0 Å². The predicted octanol–water partition coefficient (Wildman–Crippen LogP) is 14.9. The van der Waals surface area contributed by atoms with E-state index < -0.39 is 0 Å². The summed E-state index contributed by atoms with van der Waals surface area (Å²) in [6.07, 6.45) is 0. The highest BCUT2D eigenvalue weighted by molar-refractivity contribution is 7.26. The Morgan fingerprint density at radius 1 is 0.314 bits per heavy atom. The number of hydrogen-bond acceptors (Lipinski definition) is 3.